The van der Waals surface area contributed by atoms with Crippen LogP contribution >= 0.6 is 0 Å². The lowest BCUT2D eigenvalue weighted by Gasteiger charge is -2.16. The minimum absolute atomic E-state index is 0.119. The van der Waals surface area contributed by atoms with Crippen LogP contribution in [0.2, 0.25) is 0 Å². The van der Waals surface area contributed by atoms with E-state index in [-0.39, 0.29) is 18.4 Å². The molecule has 1 fully saturated rings. The van der Waals surface area contributed by atoms with E-state index in [0.29, 0.717) is 13.0 Å². The number of aliphatic hydroxyl groups is 1. The number of carbonyl (C=O) groups is 1. The monoisotopic (exact) mass is 219 g/mol. The second kappa shape index (κ2) is 5.12. The Morgan fingerprint density at radius 1 is 1.31 bits per heavy atom. The Kier molecular flexibility index (Phi) is 3.57. The summed E-state index contributed by atoms with van der Waals surface area (Å²) in [7, 11) is 0. The van der Waals surface area contributed by atoms with E-state index in [4.69, 9.17) is 5.11 Å². The smallest absolute Gasteiger partial charge is 0.223 e. The molecular formula is C13H17NO2. The van der Waals surface area contributed by atoms with Crippen LogP contribution in [-0.4, -0.2) is 35.6 Å². The summed E-state index contributed by atoms with van der Waals surface area (Å²) >= 11 is 0. The van der Waals surface area contributed by atoms with Crippen LogP contribution in [0.15, 0.2) is 30.3 Å². The number of amides is 1. The molecule has 3 heteroatoms. The predicted octanol–water partition coefficient (Wildman–Crippen LogP) is 1.07. The number of rotatable bonds is 4. The molecule has 86 valence electrons. The van der Waals surface area contributed by atoms with Gasteiger partial charge in [0.25, 0.3) is 0 Å². The van der Waals surface area contributed by atoms with Gasteiger partial charge in [-0.15, -0.1) is 0 Å². The van der Waals surface area contributed by atoms with E-state index in [1.165, 1.54) is 5.56 Å². The molecule has 1 N–H and O–H groups in total. The van der Waals surface area contributed by atoms with Crippen molar-refractivity contribution in [2.75, 3.05) is 19.7 Å². The van der Waals surface area contributed by atoms with E-state index in [1.54, 1.807) is 0 Å². The van der Waals surface area contributed by atoms with Gasteiger partial charge in [0.2, 0.25) is 5.91 Å². The summed E-state index contributed by atoms with van der Waals surface area (Å²) in [5, 5.41) is 9.01. The number of aliphatic hydroxyl groups excluding tert-OH is 1. The number of hydrogen-bond donors (Lipinski definition) is 1. The quantitative estimate of drug-likeness (QED) is 0.823. The Morgan fingerprint density at radius 3 is 2.69 bits per heavy atom. The molecule has 0 spiro atoms. The van der Waals surface area contributed by atoms with Gasteiger partial charge in [-0.25, -0.2) is 0 Å². The summed E-state index contributed by atoms with van der Waals surface area (Å²) in [6, 6.07) is 10.2. The van der Waals surface area contributed by atoms with Crippen molar-refractivity contribution in [3.05, 3.63) is 35.9 Å². The van der Waals surface area contributed by atoms with Crippen molar-refractivity contribution in [3.8, 4) is 0 Å². The van der Waals surface area contributed by atoms with Gasteiger partial charge in [-0.3, -0.25) is 4.79 Å². The summed E-state index contributed by atoms with van der Waals surface area (Å²) in [4.78, 5) is 13.4. The Labute approximate surface area is 95.7 Å². The standard InChI is InChI=1S/C13H17NO2/c15-10-12-8-13(16)14(9-12)7-6-11-4-2-1-3-5-11/h1-5,12,15H,6-10H2/t12-/m1/s1. The van der Waals surface area contributed by atoms with Crippen molar-refractivity contribution in [2.24, 2.45) is 5.92 Å². The number of benzene rings is 1. The van der Waals surface area contributed by atoms with Gasteiger partial charge >= 0.3 is 0 Å². The number of carbonyl (C=O) groups excluding carboxylic acids is 1. The number of hydrogen-bond acceptors (Lipinski definition) is 2. The first kappa shape index (κ1) is 11.1. The van der Waals surface area contributed by atoms with E-state index >= 15 is 0 Å². The molecule has 1 amide bonds. The molecule has 0 saturated carbocycles. The van der Waals surface area contributed by atoms with Gasteiger partial charge in [-0.1, -0.05) is 30.3 Å². The molecule has 1 aromatic rings. The first-order valence-electron chi connectivity index (χ1n) is 5.72. The van der Waals surface area contributed by atoms with E-state index in [0.717, 1.165) is 13.0 Å². The molecule has 0 radical (unpaired) electrons. The maximum Gasteiger partial charge on any atom is 0.223 e. The summed E-state index contributed by atoms with van der Waals surface area (Å²) < 4.78 is 0. The highest BCUT2D eigenvalue weighted by molar-refractivity contribution is 5.78. The SMILES string of the molecule is O=C1C[C@@H](CO)CN1CCc1ccccc1. The van der Waals surface area contributed by atoms with E-state index in [1.807, 2.05) is 23.1 Å². The molecule has 1 saturated heterocycles. The molecule has 0 aromatic heterocycles. The zero-order valence-electron chi connectivity index (χ0n) is 9.30. The first-order valence-corrected chi connectivity index (χ1v) is 5.72. The van der Waals surface area contributed by atoms with Gasteiger partial charge in [0, 0.05) is 32.0 Å². The molecule has 1 atom stereocenters. The van der Waals surface area contributed by atoms with E-state index in [9.17, 15) is 4.79 Å². The third-order valence-electron chi connectivity index (χ3n) is 3.07. The molecule has 0 aliphatic carbocycles. The minimum atomic E-state index is 0.119. The molecule has 16 heavy (non-hydrogen) atoms. The molecular weight excluding hydrogens is 202 g/mol. The highest BCUT2D eigenvalue weighted by Crippen LogP contribution is 2.17. The fourth-order valence-corrected chi connectivity index (χ4v) is 2.10. The third kappa shape index (κ3) is 2.61. The molecule has 1 aromatic carbocycles. The largest absolute Gasteiger partial charge is 0.396 e. The van der Waals surface area contributed by atoms with Crippen molar-refractivity contribution in [3.63, 3.8) is 0 Å². The van der Waals surface area contributed by atoms with Crippen LogP contribution in [0.5, 0.6) is 0 Å². The Bertz CT molecular complexity index is 350. The van der Waals surface area contributed by atoms with Gasteiger partial charge in [-0.2, -0.15) is 0 Å². The van der Waals surface area contributed by atoms with Crippen molar-refractivity contribution < 1.29 is 9.90 Å². The summed E-state index contributed by atoms with van der Waals surface area (Å²) in [5.74, 6) is 0.318. The van der Waals surface area contributed by atoms with Crippen molar-refractivity contribution >= 4 is 5.91 Å². The fraction of sp³-hybridized carbons (Fsp3) is 0.462. The van der Waals surface area contributed by atoms with Gasteiger partial charge < -0.3 is 10.0 Å². The second-order valence-electron chi connectivity index (χ2n) is 4.33. The van der Waals surface area contributed by atoms with Crippen LogP contribution < -0.4 is 0 Å². The average Bonchev–Trinajstić information content (AvgIpc) is 2.69. The van der Waals surface area contributed by atoms with Gasteiger partial charge in [-0.05, 0) is 12.0 Å². The van der Waals surface area contributed by atoms with Crippen LogP contribution in [0.25, 0.3) is 0 Å². The van der Waals surface area contributed by atoms with Crippen molar-refractivity contribution in [1.29, 1.82) is 0 Å². The molecule has 0 bridgehead atoms. The first-order chi connectivity index (χ1) is 7.79. The lowest BCUT2D eigenvalue weighted by atomic mass is 10.1. The molecule has 2 rings (SSSR count). The predicted molar refractivity (Wildman–Crippen MR) is 61.9 cm³/mol. The Hall–Kier alpha value is -1.35. The summed E-state index contributed by atoms with van der Waals surface area (Å²) in [5.41, 5.74) is 1.25. The van der Waals surface area contributed by atoms with Gasteiger partial charge in [0.05, 0.1) is 0 Å². The topological polar surface area (TPSA) is 40.5 Å². The maximum absolute atomic E-state index is 11.6. The third-order valence-corrected chi connectivity index (χ3v) is 3.07. The Balaban J connectivity index is 1.85. The lowest BCUT2D eigenvalue weighted by Crippen LogP contribution is -2.27. The van der Waals surface area contributed by atoms with Crippen molar-refractivity contribution in [1.82, 2.24) is 4.90 Å². The second-order valence-corrected chi connectivity index (χ2v) is 4.33. The van der Waals surface area contributed by atoms with Crippen LogP contribution in [0.4, 0.5) is 0 Å². The molecule has 3 nitrogen and oxygen atoms in total. The molecule has 0 unspecified atom stereocenters. The molecule has 1 heterocycles. The van der Waals surface area contributed by atoms with Gasteiger partial charge in [0.1, 0.15) is 0 Å². The lowest BCUT2D eigenvalue weighted by molar-refractivity contribution is -0.127. The van der Waals surface area contributed by atoms with Crippen molar-refractivity contribution in [2.45, 2.75) is 12.8 Å². The van der Waals surface area contributed by atoms with Crippen LogP contribution in [0.3, 0.4) is 0 Å². The highest BCUT2D eigenvalue weighted by atomic mass is 16.3. The van der Waals surface area contributed by atoms with Gasteiger partial charge in [0.15, 0.2) is 0 Å². The maximum atomic E-state index is 11.6. The van der Waals surface area contributed by atoms with Crippen LogP contribution in [-0.2, 0) is 11.2 Å². The van der Waals surface area contributed by atoms with Crippen LogP contribution in [0, 0.1) is 5.92 Å². The number of nitrogens with zero attached hydrogens (tertiary/aromatic N) is 1. The van der Waals surface area contributed by atoms with Crippen LogP contribution in [0.1, 0.15) is 12.0 Å². The average molecular weight is 219 g/mol. The zero-order chi connectivity index (χ0) is 11.4. The normalized spacial score (nSPS) is 20.4. The number of likely N-dealkylation sites (tertiary alicyclic amines) is 1. The highest BCUT2D eigenvalue weighted by Gasteiger charge is 2.28. The zero-order valence-corrected chi connectivity index (χ0v) is 9.30. The molecule has 1 aliphatic rings. The Morgan fingerprint density at radius 2 is 2.06 bits per heavy atom. The van der Waals surface area contributed by atoms with E-state index < -0.39 is 0 Å². The summed E-state index contributed by atoms with van der Waals surface area (Å²) in [6.07, 6.45) is 1.40. The molecule has 1 aliphatic heterocycles. The van der Waals surface area contributed by atoms with E-state index in [2.05, 4.69) is 12.1 Å². The minimum Gasteiger partial charge on any atom is -0.396 e. The summed E-state index contributed by atoms with van der Waals surface area (Å²) in [6.45, 7) is 1.59. The fourth-order valence-electron chi connectivity index (χ4n) is 2.10.